The van der Waals surface area contributed by atoms with Crippen molar-refractivity contribution in [3.8, 4) is 28.5 Å². The van der Waals surface area contributed by atoms with Gasteiger partial charge in [-0.05, 0) is 24.6 Å². The Morgan fingerprint density at radius 3 is 2.85 bits per heavy atom. The molecule has 0 saturated carbocycles. The number of hydrogen-bond donors (Lipinski definition) is 1. The van der Waals surface area contributed by atoms with Crippen molar-refractivity contribution in [1.82, 2.24) is 15.2 Å². The first-order chi connectivity index (χ1) is 16.1. The second kappa shape index (κ2) is 8.91. The molecule has 10 heteroatoms. The summed E-state index contributed by atoms with van der Waals surface area (Å²) >= 11 is 1.52. The largest absolute Gasteiger partial charge is 0.455 e. The lowest BCUT2D eigenvalue weighted by Crippen LogP contribution is -2.16. The number of anilines is 1. The van der Waals surface area contributed by atoms with Gasteiger partial charge in [-0.2, -0.15) is 4.98 Å². The minimum Gasteiger partial charge on any atom is -0.455 e. The molecule has 1 aliphatic heterocycles. The van der Waals surface area contributed by atoms with Crippen molar-refractivity contribution >= 4 is 23.1 Å². The van der Waals surface area contributed by atoms with Gasteiger partial charge in [-0.25, -0.2) is 0 Å². The van der Waals surface area contributed by atoms with E-state index in [-0.39, 0.29) is 5.69 Å². The molecule has 1 unspecified atom stereocenters. The van der Waals surface area contributed by atoms with Gasteiger partial charge in [0.05, 0.1) is 4.92 Å². The fourth-order valence-electron chi connectivity index (χ4n) is 3.45. The van der Waals surface area contributed by atoms with E-state index in [2.05, 4.69) is 27.4 Å². The van der Waals surface area contributed by atoms with Gasteiger partial charge in [0.1, 0.15) is 5.76 Å². The van der Waals surface area contributed by atoms with Crippen molar-refractivity contribution in [2.24, 2.45) is 0 Å². The van der Waals surface area contributed by atoms with Crippen LogP contribution in [0.4, 0.5) is 11.4 Å². The maximum absolute atomic E-state index is 11.1. The Kier molecular flexibility index (Phi) is 5.66. The van der Waals surface area contributed by atoms with Crippen LogP contribution in [0, 0.1) is 10.1 Å². The molecular formula is C23H19N5O4S. The van der Waals surface area contributed by atoms with E-state index in [0.717, 1.165) is 23.4 Å². The van der Waals surface area contributed by atoms with Crippen LogP contribution in [-0.2, 0) is 0 Å². The lowest BCUT2D eigenvalue weighted by Gasteiger charge is -2.16. The monoisotopic (exact) mass is 461 g/mol. The molecule has 0 bridgehead atoms. The Morgan fingerprint density at radius 1 is 1.12 bits per heavy atom. The third kappa shape index (κ3) is 4.24. The first-order valence-electron chi connectivity index (χ1n) is 10.4. The van der Waals surface area contributed by atoms with Gasteiger partial charge >= 0.3 is 0 Å². The minimum absolute atomic E-state index is 0.00275. The second-order valence-corrected chi connectivity index (χ2v) is 8.36. The lowest BCUT2D eigenvalue weighted by molar-refractivity contribution is -0.384. The highest BCUT2D eigenvalue weighted by Crippen LogP contribution is 2.40. The minimum atomic E-state index is -0.680. The molecule has 0 fully saturated rings. The molecule has 0 radical (unpaired) electrons. The first kappa shape index (κ1) is 21.0. The van der Waals surface area contributed by atoms with Gasteiger partial charge in [0, 0.05) is 34.7 Å². The number of rotatable bonds is 6. The number of nitro groups is 1. The molecule has 0 aliphatic carbocycles. The summed E-state index contributed by atoms with van der Waals surface area (Å²) < 4.78 is 12.3. The predicted octanol–water partition coefficient (Wildman–Crippen LogP) is 5.71. The molecule has 1 atom stereocenters. The first-order valence-corrected chi connectivity index (χ1v) is 11.4. The van der Waals surface area contributed by atoms with Crippen LogP contribution >= 0.6 is 11.8 Å². The molecule has 0 saturated heterocycles. The maximum Gasteiger partial charge on any atom is 0.270 e. The predicted molar refractivity (Wildman–Crippen MR) is 124 cm³/mol. The molecule has 1 N–H and O–H groups in total. The standard InChI is InChI=1S/C23H19N5O4S/c1-2-12-33-23-25-22-20(26-27-23)16-8-3-4-9-17(16)24-21(32-22)19-11-10-18(31-19)14-6-5-7-15(13-14)28(29)30/h3-11,13,21,24H,2,12H2,1H3. The van der Waals surface area contributed by atoms with Crippen LogP contribution in [0.2, 0.25) is 0 Å². The average molecular weight is 462 g/mol. The highest BCUT2D eigenvalue weighted by Gasteiger charge is 2.28. The molecule has 0 spiro atoms. The molecule has 4 aromatic rings. The quantitative estimate of drug-likeness (QED) is 0.219. The summed E-state index contributed by atoms with van der Waals surface area (Å²) in [5, 5.41) is 23.7. The molecule has 166 valence electrons. The van der Waals surface area contributed by atoms with Crippen LogP contribution in [0.1, 0.15) is 25.3 Å². The Labute approximate surface area is 193 Å². The van der Waals surface area contributed by atoms with Crippen LogP contribution in [0.3, 0.4) is 0 Å². The maximum atomic E-state index is 11.1. The third-order valence-electron chi connectivity index (χ3n) is 5.00. The summed E-state index contributed by atoms with van der Waals surface area (Å²) in [7, 11) is 0. The normalized spacial score (nSPS) is 14.4. The number of aromatic nitrogens is 3. The van der Waals surface area contributed by atoms with Crippen molar-refractivity contribution in [2.45, 2.75) is 24.7 Å². The smallest absolute Gasteiger partial charge is 0.270 e. The summed E-state index contributed by atoms with van der Waals surface area (Å²) in [6, 6.07) is 17.5. The lowest BCUT2D eigenvalue weighted by atomic mass is 10.1. The van der Waals surface area contributed by atoms with Crippen LogP contribution < -0.4 is 10.1 Å². The Morgan fingerprint density at radius 2 is 2.00 bits per heavy atom. The highest BCUT2D eigenvalue weighted by molar-refractivity contribution is 7.99. The van der Waals surface area contributed by atoms with E-state index in [0.29, 0.717) is 33.8 Å². The molecule has 3 heterocycles. The second-order valence-electron chi connectivity index (χ2n) is 7.29. The van der Waals surface area contributed by atoms with Crippen molar-refractivity contribution < 1.29 is 14.1 Å². The highest BCUT2D eigenvalue weighted by atomic mass is 32.2. The average Bonchev–Trinajstić information content (AvgIpc) is 3.27. The number of ether oxygens (including phenoxy) is 1. The zero-order valence-corrected chi connectivity index (χ0v) is 18.4. The van der Waals surface area contributed by atoms with E-state index >= 15 is 0 Å². The van der Waals surface area contributed by atoms with Crippen molar-refractivity contribution in [3.05, 3.63) is 76.5 Å². The van der Waals surface area contributed by atoms with Gasteiger partial charge in [-0.15, -0.1) is 10.2 Å². The fraction of sp³-hybridized carbons (Fsp3) is 0.174. The number of nitrogens with one attached hydrogen (secondary N) is 1. The zero-order valence-electron chi connectivity index (χ0n) is 17.6. The van der Waals surface area contributed by atoms with E-state index in [9.17, 15) is 10.1 Å². The molecule has 33 heavy (non-hydrogen) atoms. The van der Waals surface area contributed by atoms with Crippen LogP contribution in [0.15, 0.2) is 70.2 Å². The fourth-order valence-corrected chi connectivity index (χ4v) is 4.08. The summed E-state index contributed by atoms with van der Waals surface area (Å²) in [6.45, 7) is 2.09. The van der Waals surface area contributed by atoms with E-state index in [1.165, 1.54) is 23.9 Å². The number of furan rings is 1. The van der Waals surface area contributed by atoms with E-state index in [4.69, 9.17) is 9.15 Å². The Balaban J connectivity index is 1.51. The van der Waals surface area contributed by atoms with Gasteiger partial charge in [-0.1, -0.05) is 49.0 Å². The van der Waals surface area contributed by atoms with E-state index < -0.39 is 11.2 Å². The summed E-state index contributed by atoms with van der Waals surface area (Å²) in [5.74, 6) is 2.24. The topological polar surface area (TPSA) is 116 Å². The van der Waals surface area contributed by atoms with E-state index in [1.807, 2.05) is 24.3 Å². The molecule has 9 nitrogen and oxygen atoms in total. The molecule has 2 aromatic carbocycles. The molecule has 2 aromatic heterocycles. The van der Waals surface area contributed by atoms with Gasteiger partial charge in [0.25, 0.3) is 5.69 Å². The zero-order chi connectivity index (χ0) is 22.8. The molecular weight excluding hydrogens is 442 g/mol. The number of non-ortho nitro benzene ring substituents is 1. The number of nitrogens with zero attached hydrogens (tertiary/aromatic N) is 4. The van der Waals surface area contributed by atoms with Crippen LogP contribution in [-0.4, -0.2) is 25.9 Å². The van der Waals surface area contributed by atoms with Crippen molar-refractivity contribution in [1.29, 1.82) is 0 Å². The van der Waals surface area contributed by atoms with Crippen molar-refractivity contribution in [2.75, 3.05) is 11.1 Å². The number of fused-ring (bicyclic) bond motifs is 3. The third-order valence-corrected chi connectivity index (χ3v) is 6.04. The summed E-state index contributed by atoms with van der Waals surface area (Å²) in [6.07, 6.45) is 0.312. The van der Waals surface area contributed by atoms with Gasteiger partial charge in [0.15, 0.2) is 11.5 Å². The molecule has 0 amide bonds. The molecule has 1 aliphatic rings. The Hall–Kier alpha value is -3.92. The Bertz CT molecular complexity index is 1330. The number of para-hydroxylation sites is 1. The molecule has 5 rings (SSSR count). The van der Waals surface area contributed by atoms with Gasteiger partial charge < -0.3 is 14.5 Å². The number of thioether (sulfide) groups is 1. The number of benzene rings is 2. The number of nitro benzene ring substituents is 1. The summed E-state index contributed by atoms with van der Waals surface area (Å²) in [5.41, 5.74) is 2.78. The van der Waals surface area contributed by atoms with Crippen LogP contribution in [0.5, 0.6) is 5.88 Å². The van der Waals surface area contributed by atoms with Crippen molar-refractivity contribution in [3.63, 3.8) is 0 Å². The van der Waals surface area contributed by atoms with Crippen LogP contribution in [0.25, 0.3) is 22.6 Å². The number of hydrogen-bond acceptors (Lipinski definition) is 9. The van der Waals surface area contributed by atoms with Gasteiger partial charge in [-0.3, -0.25) is 10.1 Å². The van der Waals surface area contributed by atoms with E-state index in [1.54, 1.807) is 24.3 Å². The van der Waals surface area contributed by atoms with Gasteiger partial charge in [0.2, 0.25) is 17.3 Å². The summed E-state index contributed by atoms with van der Waals surface area (Å²) in [4.78, 5) is 15.3. The SMILES string of the molecule is CCCSc1nnc2c(n1)OC(c1ccc(-c3cccc([N+](=O)[O-])c3)o1)Nc1ccccc1-2.